The van der Waals surface area contributed by atoms with Crippen LogP contribution >= 0.6 is 0 Å². The van der Waals surface area contributed by atoms with Crippen LogP contribution in [-0.2, 0) is 17.8 Å². The highest BCUT2D eigenvalue weighted by Gasteiger charge is 2.30. The Bertz CT molecular complexity index is 800. The second kappa shape index (κ2) is 8.38. The number of hydrogen-bond donors (Lipinski definition) is 0. The monoisotopic (exact) mass is 381 g/mol. The number of methoxy groups -OCH3 is 1. The molecule has 1 aromatic heterocycles. The van der Waals surface area contributed by atoms with Gasteiger partial charge in [-0.3, -0.25) is 4.79 Å². The zero-order valence-electron chi connectivity index (χ0n) is 17.1. The van der Waals surface area contributed by atoms with E-state index in [1.54, 1.807) is 7.11 Å². The van der Waals surface area contributed by atoms with Gasteiger partial charge in [0.15, 0.2) is 0 Å². The van der Waals surface area contributed by atoms with E-state index < -0.39 is 0 Å². The highest BCUT2D eigenvalue weighted by molar-refractivity contribution is 5.76. The van der Waals surface area contributed by atoms with Crippen molar-refractivity contribution in [2.45, 2.75) is 57.9 Å². The minimum absolute atomic E-state index is 0.284. The predicted molar refractivity (Wildman–Crippen MR) is 110 cm³/mol. The SMILES string of the molecule is COc1ccc(CCC(=O)N2CCC(Cn3c(C)cnc3C3CC3)CC2)cc1. The number of amides is 1. The predicted octanol–water partition coefficient (Wildman–Crippen LogP) is 3.95. The second-order valence-electron chi connectivity index (χ2n) is 8.31. The van der Waals surface area contributed by atoms with E-state index >= 15 is 0 Å². The van der Waals surface area contributed by atoms with Crippen molar-refractivity contribution >= 4 is 5.91 Å². The van der Waals surface area contributed by atoms with Crippen LogP contribution in [0.3, 0.4) is 0 Å². The molecule has 5 nitrogen and oxygen atoms in total. The third-order valence-electron chi connectivity index (χ3n) is 6.22. The summed E-state index contributed by atoms with van der Waals surface area (Å²) in [4.78, 5) is 19.3. The molecule has 1 saturated heterocycles. The Kier molecular flexibility index (Phi) is 5.69. The van der Waals surface area contributed by atoms with Gasteiger partial charge in [-0.05, 0) is 62.6 Å². The molecule has 0 bridgehead atoms. The summed E-state index contributed by atoms with van der Waals surface area (Å²) in [5.74, 6) is 3.77. The van der Waals surface area contributed by atoms with Gasteiger partial charge in [0.05, 0.1) is 7.11 Å². The Hall–Kier alpha value is -2.30. The zero-order valence-corrected chi connectivity index (χ0v) is 17.1. The number of aryl methyl sites for hydroxylation is 2. The van der Waals surface area contributed by atoms with Gasteiger partial charge < -0.3 is 14.2 Å². The maximum Gasteiger partial charge on any atom is 0.222 e. The molecule has 0 atom stereocenters. The van der Waals surface area contributed by atoms with E-state index in [1.165, 1.54) is 29.9 Å². The largest absolute Gasteiger partial charge is 0.497 e. The van der Waals surface area contributed by atoms with E-state index in [2.05, 4.69) is 21.4 Å². The van der Waals surface area contributed by atoms with Crippen molar-refractivity contribution in [2.75, 3.05) is 20.2 Å². The van der Waals surface area contributed by atoms with Crippen molar-refractivity contribution in [2.24, 2.45) is 5.92 Å². The lowest BCUT2D eigenvalue weighted by atomic mass is 9.96. The number of hydrogen-bond acceptors (Lipinski definition) is 3. The van der Waals surface area contributed by atoms with Crippen LogP contribution in [0.1, 0.15) is 55.1 Å². The molecule has 0 spiro atoms. The molecule has 1 aliphatic carbocycles. The fourth-order valence-electron chi connectivity index (χ4n) is 4.21. The fourth-order valence-corrected chi connectivity index (χ4v) is 4.21. The molecule has 0 N–H and O–H groups in total. The number of ether oxygens (including phenoxy) is 1. The molecule has 1 saturated carbocycles. The first-order valence-electron chi connectivity index (χ1n) is 10.6. The van der Waals surface area contributed by atoms with Crippen LogP contribution in [0, 0.1) is 12.8 Å². The normalized spacial score (nSPS) is 17.7. The Morgan fingerprint density at radius 3 is 2.50 bits per heavy atom. The summed E-state index contributed by atoms with van der Waals surface area (Å²) in [5.41, 5.74) is 2.46. The molecule has 1 amide bonds. The molecule has 2 aliphatic rings. The van der Waals surface area contributed by atoms with Gasteiger partial charge in [0.25, 0.3) is 0 Å². The molecule has 1 aliphatic heterocycles. The quantitative estimate of drug-likeness (QED) is 0.730. The number of nitrogens with zero attached hydrogens (tertiary/aromatic N) is 3. The van der Waals surface area contributed by atoms with Gasteiger partial charge in [-0.15, -0.1) is 0 Å². The summed E-state index contributed by atoms with van der Waals surface area (Å²) in [6.07, 6.45) is 8.16. The zero-order chi connectivity index (χ0) is 19.5. The topological polar surface area (TPSA) is 47.4 Å². The van der Waals surface area contributed by atoms with Crippen LogP contribution in [0.25, 0.3) is 0 Å². The molecule has 2 fully saturated rings. The van der Waals surface area contributed by atoms with Crippen LogP contribution in [0.5, 0.6) is 5.75 Å². The van der Waals surface area contributed by atoms with Gasteiger partial charge in [-0.25, -0.2) is 4.98 Å². The molecule has 0 unspecified atom stereocenters. The molecule has 2 heterocycles. The maximum absolute atomic E-state index is 12.6. The molecule has 4 rings (SSSR count). The number of rotatable bonds is 7. The van der Waals surface area contributed by atoms with Crippen molar-refractivity contribution in [1.29, 1.82) is 0 Å². The molecule has 5 heteroatoms. The van der Waals surface area contributed by atoms with Crippen molar-refractivity contribution in [3.05, 3.63) is 47.5 Å². The number of benzene rings is 1. The van der Waals surface area contributed by atoms with Crippen molar-refractivity contribution in [3.8, 4) is 5.75 Å². The summed E-state index contributed by atoms with van der Waals surface area (Å²) < 4.78 is 7.62. The minimum atomic E-state index is 0.284. The number of piperidine rings is 1. The standard InChI is InChI=1S/C23H31N3O2/c1-17-15-24-23(20-6-7-20)26(17)16-19-11-13-25(14-12-19)22(27)10-5-18-3-8-21(28-2)9-4-18/h3-4,8-9,15,19-20H,5-7,10-14,16H2,1-2H3. The van der Waals surface area contributed by atoms with E-state index in [-0.39, 0.29) is 5.91 Å². The van der Waals surface area contributed by atoms with Gasteiger partial charge in [-0.1, -0.05) is 12.1 Å². The average Bonchev–Trinajstić information content (AvgIpc) is 3.51. The first-order valence-corrected chi connectivity index (χ1v) is 10.6. The molecular weight excluding hydrogens is 350 g/mol. The lowest BCUT2D eigenvalue weighted by Gasteiger charge is -2.32. The van der Waals surface area contributed by atoms with Crippen molar-refractivity contribution in [1.82, 2.24) is 14.5 Å². The van der Waals surface area contributed by atoms with E-state index in [9.17, 15) is 4.79 Å². The van der Waals surface area contributed by atoms with Crippen molar-refractivity contribution < 1.29 is 9.53 Å². The maximum atomic E-state index is 12.6. The van der Waals surface area contributed by atoms with Crippen LogP contribution in [0.4, 0.5) is 0 Å². The van der Waals surface area contributed by atoms with Crippen LogP contribution in [0.2, 0.25) is 0 Å². The van der Waals surface area contributed by atoms with Crippen LogP contribution in [0.15, 0.2) is 30.5 Å². The first kappa shape index (κ1) is 19.0. The van der Waals surface area contributed by atoms with Gasteiger partial charge in [0, 0.05) is 43.9 Å². The Balaban J connectivity index is 1.24. The number of carbonyl (C=O) groups excluding carboxylic acids is 1. The highest BCUT2D eigenvalue weighted by Crippen LogP contribution is 2.40. The smallest absolute Gasteiger partial charge is 0.222 e. The summed E-state index contributed by atoms with van der Waals surface area (Å²) in [6.45, 7) is 5.00. The number of imidazole rings is 1. The molecule has 150 valence electrons. The van der Waals surface area contributed by atoms with E-state index in [0.717, 1.165) is 44.6 Å². The Morgan fingerprint density at radius 1 is 1.14 bits per heavy atom. The summed E-state index contributed by atoms with van der Waals surface area (Å²) >= 11 is 0. The minimum Gasteiger partial charge on any atom is -0.497 e. The second-order valence-corrected chi connectivity index (χ2v) is 8.31. The van der Waals surface area contributed by atoms with E-state index in [4.69, 9.17) is 4.74 Å². The number of likely N-dealkylation sites (tertiary alicyclic amines) is 1. The fraction of sp³-hybridized carbons (Fsp3) is 0.565. The molecule has 28 heavy (non-hydrogen) atoms. The van der Waals surface area contributed by atoms with Gasteiger partial charge in [0.2, 0.25) is 5.91 Å². The highest BCUT2D eigenvalue weighted by atomic mass is 16.5. The number of carbonyl (C=O) groups is 1. The van der Waals surface area contributed by atoms with Gasteiger partial charge >= 0.3 is 0 Å². The van der Waals surface area contributed by atoms with E-state index in [1.807, 2.05) is 30.5 Å². The molecule has 2 aromatic rings. The molecule has 1 aromatic carbocycles. The summed E-state index contributed by atoms with van der Waals surface area (Å²) in [5, 5.41) is 0. The van der Waals surface area contributed by atoms with Gasteiger partial charge in [-0.2, -0.15) is 0 Å². The Morgan fingerprint density at radius 2 is 1.86 bits per heavy atom. The molecular formula is C23H31N3O2. The number of aromatic nitrogens is 2. The average molecular weight is 382 g/mol. The van der Waals surface area contributed by atoms with Crippen molar-refractivity contribution in [3.63, 3.8) is 0 Å². The molecule has 0 radical (unpaired) electrons. The van der Waals surface area contributed by atoms with Gasteiger partial charge in [0.1, 0.15) is 11.6 Å². The first-order chi connectivity index (χ1) is 13.6. The third kappa shape index (κ3) is 4.40. The lowest BCUT2D eigenvalue weighted by Crippen LogP contribution is -2.39. The lowest BCUT2D eigenvalue weighted by molar-refractivity contribution is -0.132. The van der Waals surface area contributed by atoms with Crippen LogP contribution in [-0.4, -0.2) is 40.6 Å². The van der Waals surface area contributed by atoms with Crippen LogP contribution < -0.4 is 4.74 Å². The summed E-state index contributed by atoms with van der Waals surface area (Å²) in [7, 11) is 1.67. The van der Waals surface area contributed by atoms with E-state index in [0.29, 0.717) is 18.3 Å². The Labute approximate surface area is 167 Å². The summed E-state index contributed by atoms with van der Waals surface area (Å²) in [6, 6.07) is 8.01. The third-order valence-corrected chi connectivity index (χ3v) is 6.22.